The second kappa shape index (κ2) is 6.76. The van der Waals surface area contributed by atoms with E-state index in [1.165, 1.54) is 0 Å². The molecule has 0 atom stereocenters. The molecule has 1 N–H and O–H groups in total. The minimum atomic E-state index is -0.303. The zero-order valence-electron chi connectivity index (χ0n) is 8.05. The summed E-state index contributed by atoms with van der Waals surface area (Å²) in [5.41, 5.74) is 1.61. The van der Waals surface area contributed by atoms with Crippen molar-refractivity contribution in [1.29, 1.82) is 0 Å². The third kappa shape index (κ3) is 4.15. The predicted molar refractivity (Wildman–Crippen MR) is 63.6 cm³/mol. The molecular formula is C10H12O3S2. The number of rotatable bonds is 5. The van der Waals surface area contributed by atoms with Crippen LogP contribution in [-0.2, 0) is 22.7 Å². The summed E-state index contributed by atoms with van der Waals surface area (Å²) in [6, 6.07) is 7.30. The van der Waals surface area contributed by atoms with Gasteiger partial charge in [0.25, 0.3) is 0 Å². The van der Waals surface area contributed by atoms with Gasteiger partial charge in [0.05, 0.1) is 6.61 Å². The molecule has 5 heteroatoms. The summed E-state index contributed by atoms with van der Waals surface area (Å²) in [4.78, 5) is 11.1. The first-order valence-electron chi connectivity index (χ1n) is 4.37. The maximum absolute atomic E-state index is 11.1. The fourth-order valence-electron chi connectivity index (χ4n) is 1.11. The second-order valence-corrected chi connectivity index (χ2v) is 4.18. The Kier molecular flexibility index (Phi) is 5.60. The molecule has 1 aromatic rings. The average molecular weight is 244 g/mol. The summed E-state index contributed by atoms with van der Waals surface area (Å²) in [6.07, 6.45) is 0. The van der Waals surface area contributed by atoms with E-state index in [1.807, 2.05) is 18.2 Å². The number of ether oxygens (including phenoxy) is 1. The standard InChI is InChI=1S/C10H12O3S2/c11-5-8-3-1-2-4-9(8)6-13-10(12)7-15-14/h1-4,11,14H,5-7H2. The van der Waals surface area contributed by atoms with E-state index >= 15 is 0 Å². The fourth-order valence-corrected chi connectivity index (χ4v) is 1.61. The summed E-state index contributed by atoms with van der Waals surface area (Å²) in [7, 11) is 1.13. The number of aliphatic hydroxyl groups excluding tert-OH is 1. The number of esters is 1. The number of thiol groups is 1. The Labute approximate surface area is 97.6 Å². The van der Waals surface area contributed by atoms with E-state index in [4.69, 9.17) is 9.84 Å². The molecule has 0 aliphatic rings. The van der Waals surface area contributed by atoms with Gasteiger partial charge in [-0.1, -0.05) is 35.1 Å². The van der Waals surface area contributed by atoms with Crippen LogP contribution in [0.2, 0.25) is 0 Å². The van der Waals surface area contributed by atoms with Crippen molar-refractivity contribution in [3.8, 4) is 0 Å². The van der Waals surface area contributed by atoms with Crippen LogP contribution in [0, 0.1) is 0 Å². The average Bonchev–Trinajstić information content (AvgIpc) is 2.27. The molecule has 0 heterocycles. The molecule has 0 spiro atoms. The van der Waals surface area contributed by atoms with Crippen molar-refractivity contribution >= 4 is 28.4 Å². The van der Waals surface area contributed by atoms with Crippen LogP contribution in [0.3, 0.4) is 0 Å². The van der Waals surface area contributed by atoms with Crippen molar-refractivity contribution in [2.24, 2.45) is 0 Å². The zero-order valence-corrected chi connectivity index (χ0v) is 9.76. The first-order valence-corrected chi connectivity index (χ1v) is 6.41. The van der Waals surface area contributed by atoms with E-state index in [1.54, 1.807) is 6.07 Å². The first-order chi connectivity index (χ1) is 7.27. The van der Waals surface area contributed by atoms with Crippen molar-refractivity contribution < 1.29 is 14.6 Å². The van der Waals surface area contributed by atoms with Crippen molar-refractivity contribution in [2.45, 2.75) is 13.2 Å². The molecule has 0 bridgehead atoms. The van der Waals surface area contributed by atoms with Crippen LogP contribution in [-0.4, -0.2) is 16.8 Å². The quantitative estimate of drug-likeness (QED) is 0.471. The monoisotopic (exact) mass is 244 g/mol. The molecule has 0 fully saturated rings. The van der Waals surface area contributed by atoms with Crippen molar-refractivity contribution in [1.82, 2.24) is 0 Å². The van der Waals surface area contributed by atoms with Crippen molar-refractivity contribution in [3.05, 3.63) is 35.4 Å². The van der Waals surface area contributed by atoms with Gasteiger partial charge in [0.2, 0.25) is 0 Å². The van der Waals surface area contributed by atoms with Crippen LogP contribution >= 0.6 is 22.5 Å². The molecule has 0 saturated carbocycles. The zero-order chi connectivity index (χ0) is 11.1. The molecule has 0 saturated heterocycles. The van der Waals surface area contributed by atoms with E-state index in [-0.39, 0.29) is 24.9 Å². The maximum Gasteiger partial charge on any atom is 0.317 e. The Morgan fingerprint density at radius 1 is 1.40 bits per heavy atom. The van der Waals surface area contributed by atoms with Crippen LogP contribution in [0.4, 0.5) is 0 Å². The van der Waals surface area contributed by atoms with Crippen LogP contribution in [0.1, 0.15) is 11.1 Å². The highest BCUT2D eigenvalue weighted by Crippen LogP contribution is 2.11. The number of aliphatic hydroxyl groups is 1. The Morgan fingerprint density at radius 3 is 2.67 bits per heavy atom. The Balaban J connectivity index is 2.53. The van der Waals surface area contributed by atoms with Crippen LogP contribution in [0.25, 0.3) is 0 Å². The maximum atomic E-state index is 11.1. The van der Waals surface area contributed by atoms with Crippen molar-refractivity contribution in [2.75, 3.05) is 5.75 Å². The lowest BCUT2D eigenvalue weighted by Gasteiger charge is -2.07. The molecular weight excluding hydrogens is 232 g/mol. The summed E-state index contributed by atoms with van der Waals surface area (Å²) in [6.45, 7) is 0.152. The molecule has 82 valence electrons. The van der Waals surface area contributed by atoms with Gasteiger partial charge in [-0.2, -0.15) is 0 Å². The largest absolute Gasteiger partial charge is 0.460 e. The fraction of sp³-hybridized carbons (Fsp3) is 0.300. The van der Waals surface area contributed by atoms with E-state index in [0.29, 0.717) is 0 Å². The smallest absolute Gasteiger partial charge is 0.317 e. The molecule has 1 rings (SSSR count). The number of carbonyl (C=O) groups is 1. The summed E-state index contributed by atoms with van der Waals surface area (Å²) < 4.78 is 4.99. The molecule has 0 unspecified atom stereocenters. The van der Waals surface area contributed by atoms with Crippen LogP contribution in [0.15, 0.2) is 24.3 Å². The summed E-state index contributed by atoms with van der Waals surface area (Å²) in [5.74, 6) is -0.0764. The minimum absolute atomic E-state index is 0.0466. The van der Waals surface area contributed by atoms with Gasteiger partial charge in [0, 0.05) is 0 Å². The number of benzene rings is 1. The first kappa shape index (κ1) is 12.4. The lowest BCUT2D eigenvalue weighted by molar-refractivity contribution is -0.141. The van der Waals surface area contributed by atoms with E-state index < -0.39 is 0 Å². The van der Waals surface area contributed by atoms with E-state index in [9.17, 15) is 4.79 Å². The number of carbonyl (C=O) groups excluding carboxylic acids is 1. The second-order valence-electron chi connectivity index (χ2n) is 2.86. The topological polar surface area (TPSA) is 46.5 Å². The molecule has 0 aromatic heterocycles. The van der Waals surface area contributed by atoms with Gasteiger partial charge in [-0.25, -0.2) is 0 Å². The lowest BCUT2D eigenvalue weighted by atomic mass is 10.1. The highest BCUT2D eigenvalue weighted by molar-refractivity contribution is 8.68. The van der Waals surface area contributed by atoms with Gasteiger partial charge in [0.1, 0.15) is 12.4 Å². The highest BCUT2D eigenvalue weighted by Gasteiger charge is 2.05. The predicted octanol–water partition coefficient (Wildman–Crippen LogP) is 1.80. The molecule has 1 aromatic carbocycles. The normalized spacial score (nSPS) is 10.0. The molecule has 0 aliphatic carbocycles. The molecule has 15 heavy (non-hydrogen) atoms. The van der Waals surface area contributed by atoms with Gasteiger partial charge < -0.3 is 9.84 Å². The van der Waals surface area contributed by atoms with Gasteiger partial charge >= 0.3 is 5.97 Å². The molecule has 0 aliphatic heterocycles. The lowest BCUT2D eigenvalue weighted by Crippen LogP contribution is -2.07. The van der Waals surface area contributed by atoms with Gasteiger partial charge in [-0.15, -0.1) is 11.7 Å². The Hall–Kier alpha value is -0.650. The van der Waals surface area contributed by atoms with E-state index in [0.717, 1.165) is 21.9 Å². The van der Waals surface area contributed by atoms with Crippen molar-refractivity contribution in [3.63, 3.8) is 0 Å². The third-order valence-corrected chi connectivity index (χ3v) is 2.61. The molecule has 0 radical (unpaired) electrons. The molecule has 3 nitrogen and oxygen atoms in total. The van der Waals surface area contributed by atoms with Crippen LogP contribution in [0.5, 0.6) is 0 Å². The summed E-state index contributed by atoms with van der Waals surface area (Å²) in [5, 5.41) is 9.03. The Bertz CT molecular complexity index is 328. The Morgan fingerprint density at radius 2 is 2.07 bits per heavy atom. The third-order valence-electron chi connectivity index (χ3n) is 1.86. The number of hydrogen-bond acceptors (Lipinski definition) is 5. The van der Waals surface area contributed by atoms with Gasteiger partial charge in [0.15, 0.2) is 0 Å². The minimum Gasteiger partial charge on any atom is -0.460 e. The molecule has 0 amide bonds. The summed E-state index contributed by atoms with van der Waals surface area (Å²) >= 11 is 3.85. The van der Waals surface area contributed by atoms with Gasteiger partial charge in [-0.3, -0.25) is 4.79 Å². The highest BCUT2D eigenvalue weighted by atomic mass is 33.1. The van der Waals surface area contributed by atoms with Crippen LogP contribution < -0.4 is 0 Å². The van der Waals surface area contributed by atoms with Gasteiger partial charge in [-0.05, 0) is 11.1 Å². The van der Waals surface area contributed by atoms with E-state index in [2.05, 4.69) is 11.7 Å². The SMILES string of the molecule is O=C(CSS)OCc1ccccc1CO. The number of hydrogen-bond donors (Lipinski definition) is 2.